The van der Waals surface area contributed by atoms with E-state index in [4.69, 9.17) is 15.0 Å². The minimum Gasteiger partial charge on any atom is -0.399 e. The van der Waals surface area contributed by atoms with Crippen molar-refractivity contribution in [3.05, 3.63) is 29.3 Å². The Morgan fingerprint density at radius 1 is 1.15 bits per heavy atom. The van der Waals surface area contributed by atoms with Gasteiger partial charge in [0.25, 0.3) is 6.43 Å². The van der Waals surface area contributed by atoms with Crippen LogP contribution in [0.4, 0.5) is 8.78 Å². The predicted molar refractivity (Wildman–Crippen MR) is 75.0 cm³/mol. The number of rotatable bonds is 3. The number of benzene rings is 1. The second kappa shape index (κ2) is 5.09. The van der Waals surface area contributed by atoms with Gasteiger partial charge >= 0.3 is 7.12 Å². The summed E-state index contributed by atoms with van der Waals surface area (Å²) in [5.41, 5.74) is 5.74. The summed E-state index contributed by atoms with van der Waals surface area (Å²) in [6.45, 7) is 7.86. The van der Waals surface area contributed by atoms with Crippen LogP contribution in [0.2, 0.25) is 0 Å². The van der Waals surface area contributed by atoms with E-state index >= 15 is 0 Å². The van der Waals surface area contributed by atoms with Crippen molar-refractivity contribution in [3.8, 4) is 0 Å². The molecule has 1 aromatic carbocycles. The molecule has 1 aromatic rings. The second-order valence-electron chi connectivity index (χ2n) is 6.05. The zero-order chi connectivity index (χ0) is 15.1. The monoisotopic (exact) mass is 283 g/mol. The maximum Gasteiger partial charge on any atom is 0.494 e. The summed E-state index contributed by atoms with van der Waals surface area (Å²) in [4.78, 5) is 0. The highest BCUT2D eigenvalue weighted by Crippen LogP contribution is 2.36. The number of hydrogen-bond acceptors (Lipinski definition) is 3. The van der Waals surface area contributed by atoms with Crippen molar-refractivity contribution in [3.63, 3.8) is 0 Å². The lowest BCUT2D eigenvalue weighted by atomic mass is 9.77. The number of hydrogen-bond donors (Lipinski definition) is 1. The van der Waals surface area contributed by atoms with Crippen LogP contribution in [0, 0.1) is 0 Å². The number of alkyl halides is 2. The molecule has 2 N–H and O–H groups in total. The van der Waals surface area contributed by atoms with Crippen LogP contribution in [0.5, 0.6) is 0 Å². The van der Waals surface area contributed by atoms with E-state index in [-0.39, 0.29) is 12.1 Å². The lowest BCUT2D eigenvalue weighted by molar-refractivity contribution is 0.00578. The summed E-state index contributed by atoms with van der Waals surface area (Å²) in [6, 6.07) is 4.65. The van der Waals surface area contributed by atoms with Crippen molar-refractivity contribution < 1.29 is 18.1 Å². The lowest BCUT2D eigenvalue weighted by Crippen LogP contribution is -2.41. The third kappa shape index (κ3) is 2.60. The lowest BCUT2D eigenvalue weighted by Gasteiger charge is -2.32. The Balaban J connectivity index is 2.32. The van der Waals surface area contributed by atoms with Crippen LogP contribution in [0.1, 0.15) is 45.2 Å². The first-order valence-electron chi connectivity index (χ1n) is 6.64. The molecule has 0 saturated carbocycles. The highest BCUT2D eigenvalue weighted by atomic mass is 19.3. The molecule has 0 aromatic heterocycles. The molecule has 0 bridgehead atoms. The summed E-state index contributed by atoms with van der Waals surface area (Å²) in [6.07, 6.45) is -2.53. The van der Waals surface area contributed by atoms with Gasteiger partial charge in [-0.2, -0.15) is 0 Å². The molecule has 1 aliphatic heterocycles. The molecular formula is C14H20BF2NO2. The molecule has 0 amide bonds. The van der Waals surface area contributed by atoms with Gasteiger partial charge in [-0.25, -0.2) is 8.78 Å². The average molecular weight is 283 g/mol. The Kier molecular flexibility index (Phi) is 3.93. The van der Waals surface area contributed by atoms with Gasteiger partial charge < -0.3 is 15.0 Å². The topological polar surface area (TPSA) is 44.5 Å². The van der Waals surface area contributed by atoms with Crippen LogP contribution in [0.15, 0.2) is 18.2 Å². The first-order chi connectivity index (χ1) is 9.18. The van der Waals surface area contributed by atoms with Gasteiger partial charge in [0.1, 0.15) is 0 Å². The third-order valence-electron chi connectivity index (χ3n) is 4.15. The van der Waals surface area contributed by atoms with E-state index < -0.39 is 24.7 Å². The summed E-state index contributed by atoms with van der Waals surface area (Å²) in [5.74, 6) is 0. The molecule has 0 aliphatic carbocycles. The Morgan fingerprint density at radius 2 is 1.70 bits per heavy atom. The fraction of sp³-hybridized carbons (Fsp3) is 0.571. The minimum absolute atomic E-state index is 0.0345. The summed E-state index contributed by atoms with van der Waals surface area (Å²) < 4.78 is 37.5. The largest absolute Gasteiger partial charge is 0.494 e. The highest BCUT2D eigenvalue weighted by molar-refractivity contribution is 6.62. The van der Waals surface area contributed by atoms with Crippen LogP contribution in [0.25, 0.3) is 0 Å². The Labute approximate surface area is 118 Å². The Morgan fingerprint density at radius 3 is 2.15 bits per heavy atom. The fourth-order valence-electron chi connectivity index (χ4n) is 2.14. The van der Waals surface area contributed by atoms with E-state index in [0.717, 1.165) is 0 Å². The second-order valence-corrected chi connectivity index (χ2v) is 6.05. The van der Waals surface area contributed by atoms with Crippen molar-refractivity contribution >= 4 is 12.6 Å². The summed E-state index contributed by atoms with van der Waals surface area (Å²) >= 11 is 0. The van der Waals surface area contributed by atoms with Crippen LogP contribution < -0.4 is 11.2 Å². The standard InChI is InChI=1S/C14H20BF2NO2/c1-13(2)14(3,4)20-15(19-13)10-5-6-11(12(16)17)9(7-10)8-18/h5-7,12H,8,18H2,1-4H3. The van der Waals surface area contributed by atoms with E-state index in [9.17, 15) is 8.78 Å². The third-order valence-corrected chi connectivity index (χ3v) is 4.15. The zero-order valence-corrected chi connectivity index (χ0v) is 12.2. The van der Waals surface area contributed by atoms with Crippen LogP contribution in [-0.4, -0.2) is 18.3 Å². The summed E-state index contributed by atoms with van der Waals surface area (Å²) in [5, 5.41) is 0. The van der Waals surface area contributed by atoms with Gasteiger partial charge in [0.2, 0.25) is 0 Å². The molecule has 3 nitrogen and oxygen atoms in total. The highest BCUT2D eigenvalue weighted by Gasteiger charge is 2.51. The maximum atomic E-state index is 12.9. The minimum atomic E-state index is -2.53. The van der Waals surface area contributed by atoms with Crippen LogP contribution >= 0.6 is 0 Å². The first kappa shape index (κ1) is 15.4. The molecule has 1 fully saturated rings. The molecule has 1 heterocycles. The van der Waals surface area contributed by atoms with Crippen LogP contribution in [-0.2, 0) is 15.9 Å². The molecule has 0 atom stereocenters. The molecule has 20 heavy (non-hydrogen) atoms. The van der Waals surface area contributed by atoms with Gasteiger partial charge in [0.05, 0.1) is 11.2 Å². The smallest absolute Gasteiger partial charge is 0.399 e. The van der Waals surface area contributed by atoms with Crippen LogP contribution in [0.3, 0.4) is 0 Å². The predicted octanol–water partition coefficient (Wildman–Crippen LogP) is 2.38. The Bertz CT molecular complexity index is 490. The maximum absolute atomic E-state index is 12.9. The normalized spacial score (nSPS) is 20.7. The zero-order valence-electron chi connectivity index (χ0n) is 12.2. The van der Waals surface area contributed by atoms with E-state index in [1.807, 2.05) is 27.7 Å². The molecule has 0 spiro atoms. The van der Waals surface area contributed by atoms with E-state index in [2.05, 4.69) is 0 Å². The van der Waals surface area contributed by atoms with Gasteiger partial charge in [-0.1, -0.05) is 18.2 Å². The SMILES string of the molecule is CC1(C)OB(c2ccc(C(F)F)c(CN)c2)OC1(C)C. The van der Waals surface area contributed by atoms with Gasteiger partial charge in [0.15, 0.2) is 0 Å². The molecular weight excluding hydrogens is 263 g/mol. The van der Waals surface area contributed by atoms with Crippen molar-refractivity contribution in [2.45, 2.75) is 51.9 Å². The van der Waals surface area contributed by atoms with E-state index in [0.29, 0.717) is 11.0 Å². The summed E-state index contributed by atoms with van der Waals surface area (Å²) in [7, 11) is -0.558. The molecule has 1 aliphatic rings. The van der Waals surface area contributed by atoms with E-state index in [1.54, 1.807) is 12.1 Å². The van der Waals surface area contributed by atoms with Gasteiger partial charge in [-0.3, -0.25) is 0 Å². The molecule has 110 valence electrons. The Hall–Kier alpha value is -0.975. The number of nitrogens with two attached hydrogens (primary N) is 1. The van der Waals surface area contributed by atoms with Crippen molar-refractivity contribution in [1.29, 1.82) is 0 Å². The molecule has 2 rings (SSSR count). The van der Waals surface area contributed by atoms with Crippen molar-refractivity contribution in [2.75, 3.05) is 0 Å². The van der Waals surface area contributed by atoms with Gasteiger partial charge in [-0.15, -0.1) is 0 Å². The molecule has 0 unspecified atom stereocenters. The number of halogens is 2. The van der Waals surface area contributed by atoms with Gasteiger partial charge in [0, 0.05) is 12.1 Å². The van der Waals surface area contributed by atoms with Crippen molar-refractivity contribution in [2.24, 2.45) is 5.73 Å². The molecule has 1 saturated heterocycles. The molecule has 0 radical (unpaired) electrons. The quantitative estimate of drug-likeness (QED) is 0.866. The van der Waals surface area contributed by atoms with Crippen molar-refractivity contribution in [1.82, 2.24) is 0 Å². The average Bonchev–Trinajstić information content (AvgIpc) is 2.57. The first-order valence-corrected chi connectivity index (χ1v) is 6.64. The molecule has 6 heteroatoms. The van der Waals surface area contributed by atoms with E-state index in [1.165, 1.54) is 6.07 Å². The van der Waals surface area contributed by atoms with Gasteiger partial charge in [-0.05, 0) is 38.7 Å². The fourth-order valence-corrected chi connectivity index (χ4v) is 2.14.